The number of halogens is 1. The number of hydrogen-bond acceptors (Lipinski definition) is 3. The van der Waals surface area contributed by atoms with E-state index in [2.05, 4.69) is 5.32 Å². The number of methoxy groups -OCH3 is 1. The maximum atomic E-state index is 10.9. The predicted octanol–water partition coefficient (Wildman–Crippen LogP) is 2.63. The first-order valence-corrected chi connectivity index (χ1v) is 5.80. The van der Waals surface area contributed by atoms with Gasteiger partial charge in [0.25, 0.3) is 0 Å². The van der Waals surface area contributed by atoms with Gasteiger partial charge in [-0.3, -0.25) is 0 Å². The molecule has 0 bridgehead atoms. The molecule has 0 atom stereocenters. The van der Waals surface area contributed by atoms with Crippen LogP contribution in [0.2, 0.25) is 5.02 Å². The van der Waals surface area contributed by atoms with Gasteiger partial charge in [0.1, 0.15) is 0 Å². The lowest BCUT2D eigenvalue weighted by atomic mass is 9.89. The number of ether oxygens (including phenoxy) is 1. The number of nitrogens with one attached hydrogen (secondary N) is 1. The predicted molar refractivity (Wildman–Crippen MR) is 65.9 cm³/mol. The number of carboxylic acid groups (broad SMARTS) is 1. The van der Waals surface area contributed by atoms with Gasteiger partial charge >= 0.3 is 5.97 Å². The number of carboxylic acids is 1. The number of benzene rings is 1. The van der Waals surface area contributed by atoms with E-state index in [4.69, 9.17) is 21.4 Å². The summed E-state index contributed by atoms with van der Waals surface area (Å²) < 4.78 is 5.18. The van der Waals surface area contributed by atoms with Crippen LogP contribution in [0.4, 0.5) is 5.69 Å². The van der Waals surface area contributed by atoms with Crippen molar-refractivity contribution >= 4 is 23.3 Å². The zero-order chi connectivity index (χ0) is 12.4. The summed E-state index contributed by atoms with van der Waals surface area (Å²) in [7, 11) is 1.70. The lowest BCUT2D eigenvalue weighted by Crippen LogP contribution is -2.40. The fourth-order valence-corrected chi connectivity index (χ4v) is 2.09. The molecule has 92 valence electrons. The van der Waals surface area contributed by atoms with Crippen LogP contribution >= 0.6 is 11.6 Å². The van der Waals surface area contributed by atoms with E-state index in [0.29, 0.717) is 12.1 Å². The number of anilines is 1. The van der Waals surface area contributed by atoms with Crippen LogP contribution in [0.3, 0.4) is 0 Å². The highest BCUT2D eigenvalue weighted by molar-refractivity contribution is 6.33. The average Bonchev–Trinajstić information content (AvgIpc) is 2.24. The zero-order valence-corrected chi connectivity index (χ0v) is 10.2. The summed E-state index contributed by atoms with van der Waals surface area (Å²) >= 11 is 5.79. The minimum Gasteiger partial charge on any atom is -0.478 e. The lowest BCUT2D eigenvalue weighted by molar-refractivity contribution is 0.0328. The van der Waals surface area contributed by atoms with Gasteiger partial charge in [0, 0.05) is 18.8 Å². The van der Waals surface area contributed by atoms with E-state index >= 15 is 0 Å². The summed E-state index contributed by atoms with van der Waals surface area (Å²) in [4.78, 5) is 10.9. The summed E-state index contributed by atoms with van der Waals surface area (Å²) in [5, 5.41) is 12.5. The Morgan fingerprint density at radius 1 is 1.53 bits per heavy atom. The summed E-state index contributed by atoms with van der Waals surface area (Å²) in [5.74, 6) is -1.01. The molecule has 1 aliphatic carbocycles. The first-order valence-electron chi connectivity index (χ1n) is 5.42. The molecular weight excluding hydrogens is 242 g/mol. The van der Waals surface area contributed by atoms with Crippen LogP contribution in [0.25, 0.3) is 0 Å². The van der Waals surface area contributed by atoms with Crippen molar-refractivity contribution in [2.75, 3.05) is 12.4 Å². The number of aromatic carboxylic acids is 1. The average molecular weight is 256 g/mol. The van der Waals surface area contributed by atoms with Crippen molar-refractivity contribution in [3.8, 4) is 0 Å². The van der Waals surface area contributed by atoms with Crippen LogP contribution < -0.4 is 5.32 Å². The van der Waals surface area contributed by atoms with Crippen LogP contribution in [-0.4, -0.2) is 30.3 Å². The molecule has 2 rings (SSSR count). The molecule has 0 aliphatic heterocycles. The first kappa shape index (κ1) is 12.2. The Bertz CT molecular complexity index is 430. The standard InChI is InChI=1S/C12H14ClNO3/c1-17-9-4-8(5-9)14-7-2-3-11(13)10(6-7)12(15)16/h2-3,6,8-9,14H,4-5H2,1H3,(H,15,16). The second-order valence-electron chi connectivity index (χ2n) is 4.17. The molecule has 2 N–H and O–H groups in total. The Hall–Kier alpha value is -1.26. The Labute approximate surface area is 105 Å². The Morgan fingerprint density at radius 3 is 2.82 bits per heavy atom. The minimum absolute atomic E-state index is 0.124. The highest BCUT2D eigenvalue weighted by Crippen LogP contribution is 2.28. The smallest absolute Gasteiger partial charge is 0.337 e. The molecule has 0 saturated heterocycles. The second-order valence-corrected chi connectivity index (χ2v) is 4.58. The largest absolute Gasteiger partial charge is 0.478 e. The maximum Gasteiger partial charge on any atom is 0.337 e. The van der Waals surface area contributed by atoms with Gasteiger partial charge in [-0.25, -0.2) is 4.79 Å². The second kappa shape index (κ2) is 4.94. The highest BCUT2D eigenvalue weighted by Gasteiger charge is 2.28. The normalized spacial score (nSPS) is 22.9. The van der Waals surface area contributed by atoms with Crippen LogP contribution in [0.5, 0.6) is 0 Å². The van der Waals surface area contributed by atoms with Gasteiger partial charge in [-0.15, -0.1) is 0 Å². The topological polar surface area (TPSA) is 58.6 Å². The molecule has 0 heterocycles. The fraction of sp³-hybridized carbons (Fsp3) is 0.417. The number of rotatable bonds is 4. The third kappa shape index (κ3) is 2.70. The molecule has 4 nitrogen and oxygen atoms in total. The quantitative estimate of drug-likeness (QED) is 0.868. The van der Waals surface area contributed by atoms with Gasteiger partial charge in [-0.2, -0.15) is 0 Å². The van der Waals surface area contributed by atoms with E-state index in [1.165, 1.54) is 0 Å². The van der Waals surface area contributed by atoms with Gasteiger partial charge in [-0.05, 0) is 31.0 Å². The van der Waals surface area contributed by atoms with Crippen molar-refractivity contribution in [1.82, 2.24) is 0 Å². The molecule has 5 heteroatoms. The van der Waals surface area contributed by atoms with Crippen molar-refractivity contribution in [3.05, 3.63) is 28.8 Å². The molecule has 17 heavy (non-hydrogen) atoms. The Balaban J connectivity index is 2.02. The van der Waals surface area contributed by atoms with Crippen molar-refractivity contribution in [1.29, 1.82) is 0 Å². The van der Waals surface area contributed by atoms with Crippen molar-refractivity contribution in [3.63, 3.8) is 0 Å². The molecule has 0 aromatic heterocycles. The van der Waals surface area contributed by atoms with Crippen LogP contribution in [0, 0.1) is 0 Å². The molecule has 1 aromatic carbocycles. The number of carbonyl (C=O) groups is 1. The molecule has 1 aliphatic rings. The van der Waals surface area contributed by atoms with E-state index in [0.717, 1.165) is 18.5 Å². The molecule has 0 amide bonds. The maximum absolute atomic E-state index is 10.9. The van der Waals surface area contributed by atoms with Crippen LogP contribution in [0.1, 0.15) is 23.2 Å². The van der Waals surface area contributed by atoms with E-state index < -0.39 is 5.97 Å². The molecular formula is C12H14ClNO3. The fourth-order valence-electron chi connectivity index (χ4n) is 1.89. The zero-order valence-electron chi connectivity index (χ0n) is 9.44. The van der Waals surface area contributed by atoms with E-state index in [1.54, 1.807) is 25.3 Å². The number of hydrogen-bond donors (Lipinski definition) is 2. The van der Waals surface area contributed by atoms with Gasteiger partial charge in [0.2, 0.25) is 0 Å². The molecule has 1 fully saturated rings. The lowest BCUT2D eigenvalue weighted by Gasteiger charge is -2.35. The molecule has 0 spiro atoms. The molecule has 1 saturated carbocycles. The Morgan fingerprint density at radius 2 is 2.24 bits per heavy atom. The van der Waals surface area contributed by atoms with E-state index in [-0.39, 0.29) is 10.6 Å². The summed E-state index contributed by atoms with van der Waals surface area (Å²) in [6, 6.07) is 5.29. The summed E-state index contributed by atoms with van der Waals surface area (Å²) in [5.41, 5.74) is 0.908. The summed E-state index contributed by atoms with van der Waals surface area (Å²) in [6.45, 7) is 0. The third-order valence-corrected chi connectivity index (χ3v) is 3.33. The molecule has 0 unspecified atom stereocenters. The van der Waals surface area contributed by atoms with Crippen LogP contribution in [-0.2, 0) is 4.74 Å². The van der Waals surface area contributed by atoms with Gasteiger partial charge in [0.05, 0.1) is 16.7 Å². The van der Waals surface area contributed by atoms with Crippen molar-refractivity contribution in [2.24, 2.45) is 0 Å². The van der Waals surface area contributed by atoms with E-state index in [9.17, 15) is 4.79 Å². The van der Waals surface area contributed by atoms with Crippen molar-refractivity contribution < 1.29 is 14.6 Å². The first-order chi connectivity index (χ1) is 8.10. The SMILES string of the molecule is COC1CC(Nc2ccc(Cl)c(C(=O)O)c2)C1. The van der Waals surface area contributed by atoms with Crippen LogP contribution in [0.15, 0.2) is 18.2 Å². The Kier molecular flexibility index (Phi) is 3.54. The van der Waals surface area contributed by atoms with E-state index in [1.807, 2.05) is 0 Å². The minimum atomic E-state index is -1.01. The van der Waals surface area contributed by atoms with Gasteiger partial charge < -0.3 is 15.2 Å². The van der Waals surface area contributed by atoms with Gasteiger partial charge in [0.15, 0.2) is 0 Å². The monoisotopic (exact) mass is 255 g/mol. The summed E-state index contributed by atoms with van der Waals surface area (Å²) in [6.07, 6.45) is 2.21. The molecule has 0 radical (unpaired) electrons. The molecule has 1 aromatic rings. The third-order valence-electron chi connectivity index (χ3n) is 3.00. The highest BCUT2D eigenvalue weighted by atomic mass is 35.5. The van der Waals surface area contributed by atoms with Gasteiger partial charge in [-0.1, -0.05) is 11.6 Å². The van der Waals surface area contributed by atoms with Crippen molar-refractivity contribution in [2.45, 2.75) is 25.0 Å².